The molecular formula is C12H17N5O2. The monoisotopic (exact) mass is 263 g/mol. The number of hydrogen-bond donors (Lipinski definition) is 0. The van der Waals surface area contributed by atoms with E-state index in [4.69, 9.17) is 0 Å². The van der Waals surface area contributed by atoms with Crippen LogP contribution < -0.4 is 16.1 Å². The van der Waals surface area contributed by atoms with Crippen LogP contribution in [-0.2, 0) is 20.6 Å². The highest BCUT2D eigenvalue weighted by Crippen LogP contribution is 2.22. The average molecular weight is 263 g/mol. The van der Waals surface area contributed by atoms with Crippen LogP contribution in [0.3, 0.4) is 0 Å². The standard InChI is InChI=1S/C12H17N5O2/c1-14-6-4-5-7-17-8-9(13-11(14)17)15(2)12(19)16(3)10(8)18/h4-7H2,1-3H3. The average Bonchev–Trinajstić information content (AvgIpc) is 2.69. The maximum Gasteiger partial charge on any atom is 0.332 e. The Kier molecular flexibility index (Phi) is 2.51. The Morgan fingerprint density at radius 2 is 1.68 bits per heavy atom. The molecule has 2 aromatic rings. The second-order valence-corrected chi connectivity index (χ2v) is 5.07. The van der Waals surface area contributed by atoms with Gasteiger partial charge in [0.1, 0.15) is 0 Å². The van der Waals surface area contributed by atoms with E-state index in [1.807, 2.05) is 16.5 Å². The number of rotatable bonds is 0. The van der Waals surface area contributed by atoms with E-state index in [-0.39, 0.29) is 11.2 Å². The quantitative estimate of drug-likeness (QED) is 0.652. The second-order valence-electron chi connectivity index (χ2n) is 5.07. The molecule has 0 radical (unpaired) electrons. The molecule has 0 aromatic carbocycles. The minimum atomic E-state index is -0.339. The number of nitrogens with zero attached hydrogens (tertiary/aromatic N) is 5. The van der Waals surface area contributed by atoms with Crippen molar-refractivity contribution >= 4 is 17.1 Å². The van der Waals surface area contributed by atoms with Crippen molar-refractivity contribution in [1.29, 1.82) is 0 Å². The van der Waals surface area contributed by atoms with Crippen molar-refractivity contribution in [2.75, 3.05) is 18.5 Å². The lowest BCUT2D eigenvalue weighted by molar-refractivity contribution is 0.656. The first-order chi connectivity index (χ1) is 9.02. The summed E-state index contributed by atoms with van der Waals surface area (Å²) in [7, 11) is 5.12. The first-order valence-electron chi connectivity index (χ1n) is 6.39. The fourth-order valence-electron chi connectivity index (χ4n) is 2.66. The summed E-state index contributed by atoms with van der Waals surface area (Å²) in [5.74, 6) is 0.769. The van der Waals surface area contributed by atoms with Crippen molar-refractivity contribution in [3.05, 3.63) is 20.8 Å². The molecule has 0 saturated heterocycles. The van der Waals surface area contributed by atoms with Crippen molar-refractivity contribution in [1.82, 2.24) is 18.7 Å². The zero-order valence-corrected chi connectivity index (χ0v) is 11.4. The molecule has 1 aliphatic rings. The van der Waals surface area contributed by atoms with Crippen molar-refractivity contribution in [3.8, 4) is 0 Å². The molecule has 0 aliphatic carbocycles. The summed E-state index contributed by atoms with van der Waals surface area (Å²) in [6.07, 6.45) is 2.09. The van der Waals surface area contributed by atoms with Crippen LogP contribution in [-0.4, -0.2) is 32.3 Å². The molecule has 2 aromatic heterocycles. The lowest BCUT2D eigenvalue weighted by Crippen LogP contribution is -2.37. The molecule has 7 nitrogen and oxygen atoms in total. The number of fused-ring (bicyclic) bond motifs is 3. The van der Waals surface area contributed by atoms with Gasteiger partial charge in [-0.2, -0.15) is 4.98 Å². The molecule has 0 atom stereocenters. The van der Waals surface area contributed by atoms with E-state index >= 15 is 0 Å². The number of aryl methyl sites for hydroxylation is 2. The van der Waals surface area contributed by atoms with E-state index in [1.54, 1.807) is 7.05 Å². The molecule has 0 spiro atoms. The maximum atomic E-state index is 12.3. The van der Waals surface area contributed by atoms with E-state index in [9.17, 15) is 9.59 Å². The Balaban J connectivity index is 2.48. The Labute approximate surface area is 109 Å². The van der Waals surface area contributed by atoms with Gasteiger partial charge in [-0.15, -0.1) is 0 Å². The zero-order chi connectivity index (χ0) is 13.7. The van der Waals surface area contributed by atoms with Crippen LogP contribution >= 0.6 is 0 Å². The predicted molar refractivity (Wildman–Crippen MR) is 72.7 cm³/mol. The minimum Gasteiger partial charge on any atom is -0.345 e. The van der Waals surface area contributed by atoms with Gasteiger partial charge in [0, 0.05) is 34.2 Å². The van der Waals surface area contributed by atoms with Crippen LogP contribution in [0.1, 0.15) is 12.8 Å². The van der Waals surface area contributed by atoms with Crippen LogP contribution in [0.4, 0.5) is 5.95 Å². The van der Waals surface area contributed by atoms with Crippen molar-refractivity contribution in [2.45, 2.75) is 19.4 Å². The van der Waals surface area contributed by atoms with Crippen molar-refractivity contribution in [2.24, 2.45) is 14.1 Å². The minimum absolute atomic E-state index is 0.271. The highest BCUT2D eigenvalue weighted by atomic mass is 16.2. The molecule has 3 heterocycles. The summed E-state index contributed by atoms with van der Waals surface area (Å²) in [4.78, 5) is 30.8. The number of hydrogen-bond acceptors (Lipinski definition) is 4. The zero-order valence-electron chi connectivity index (χ0n) is 11.4. The SMILES string of the molecule is CN1CCCCn2c1nc1c2c(=O)n(C)c(=O)n1C. The lowest BCUT2D eigenvalue weighted by Gasteiger charge is -2.14. The highest BCUT2D eigenvalue weighted by Gasteiger charge is 2.22. The van der Waals surface area contributed by atoms with Gasteiger partial charge in [0.25, 0.3) is 5.56 Å². The summed E-state index contributed by atoms with van der Waals surface area (Å²) in [6, 6.07) is 0. The fraction of sp³-hybridized carbons (Fsp3) is 0.583. The van der Waals surface area contributed by atoms with E-state index in [2.05, 4.69) is 4.98 Å². The van der Waals surface area contributed by atoms with E-state index < -0.39 is 0 Å². The summed E-state index contributed by atoms with van der Waals surface area (Å²) < 4.78 is 4.51. The van der Waals surface area contributed by atoms with Gasteiger partial charge in [-0.05, 0) is 12.8 Å². The van der Waals surface area contributed by atoms with E-state index in [1.165, 1.54) is 11.6 Å². The van der Waals surface area contributed by atoms with Gasteiger partial charge in [-0.1, -0.05) is 0 Å². The summed E-state index contributed by atoms with van der Waals surface area (Å²) in [5, 5.41) is 0. The Bertz CT molecular complexity index is 767. The van der Waals surface area contributed by atoms with Crippen molar-refractivity contribution < 1.29 is 0 Å². The maximum absolute atomic E-state index is 12.3. The predicted octanol–water partition coefficient (Wildman–Crippen LogP) is -0.336. The van der Waals surface area contributed by atoms with Gasteiger partial charge in [0.05, 0.1) is 0 Å². The molecule has 7 heteroatoms. The third-order valence-corrected chi connectivity index (χ3v) is 3.79. The van der Waals surface area contributed by atoms with Crippen LogP contribution in [0.15, 0.2) is 9.59 Å². The van der Waals surface area contributed by atoms with Gasteiger partial charge in [-0.3, -0.25) is 13.9 Å². The third-order valence-electron chi connectivity index (χ3n) is 3.79. The molecule has 0 bridgehead atoms. The lowest BCUT2D eigenvalue weighted by atomic mass is 10.3. The summed E-state index contributed by atoms with van der Waals surface area (Å²) >= 11 is 0. The Morgan fingerprint density at radius 3 is 2.42 bits per heavy atom. The molecule has 0 saturated carbocycles. The number of imidazole rings is 1. The van der Waals surface area contributed by atoms with Crippen LogP contribution in [0.25, 0.3) is 11.2 Å². The molecule has 102 valence electrons. The van der Waals surface area contributed by atoms with Crippen LogP contribution in [0.5, 0.6) is 0 Å². The molecular weight excluding hydrogens is 246 g/mol. The molecule has 1 aliphatic heterocycles. The van der Waals surface area contributed by atoms with Gasteiger partial charge in [-0.25, -0.2) is 4.79 Å². The van der Waals surface area contributed by atoms with Gasteiger partial charge < -0.3 is 9.47 Å². The van der Waals surface area contributed by atoms with Crippen LogP contribution in [0, 0.1) is 0 Å². The molecule has 0 amide bonds. The first-order valence-corrected chi connectivity index (χ1v) is 6.39. The van der Waals surface area contributed by atoms with Gasteiger partial charge in [0.2, 0.25) is 5.95 Å². The number of aromatic nitrogens is 4. The van der Waals surface area contributed by atoms with Crippen molar-refractivity contribution in [3.63, 3.8) is 0 Å². The van der Waals surface area contributed by atoms with E-state index in [0.717, 1.165) is 36.4 Å². The molecule has 0 N–H and O–H groups in total. The fourth-order valence-corrected chi connectivity index (χ4v) is 2.66. The summed E-state index contributed by atoms with van der Waals surface area (Å²) in [5.41, 5.74) is 0.380. The van der Waals surface area contributed by atoms with Gasteiger partial charge in [0.15, 0.2) is 11.2 Å². The summed E-state index contributed by atoms with van der Waals surface area (Å²) in [6.45, 7) is 1.68. The second kappa shape index (κ2) is 3.97. The Hall–Kier alpha value is -2.05. The number of anilines is 1. The first kappa shape index (κ1) is 12.0. The third kappa shape index (κ3) is 1.54. The smallest absolute Gasteiger partial charge is 0.332 e. The molecule has 0 fully saturated rings. The van der Waals surface area contributed by atoms with Crippen LogP contribution in [0.2, 0.25) is 0 Å². The molecule has 3 rings (SSSR count). The van der Waals surface area contributed by atoms with E-state index in [0.29, 0.717) is 11.2 Å². The largest absolute Gasteiger partial charge is 0.345 e. The normalized spacial score (nSPS) is 15.6. The Morgan fingerprint density at radius 1 is 1.00 bits per heavy atom. The topological polar surface area (TPSA) is 65.1 Å². The van der Waals surface area contributed by atoms with Gasteiger partial charge >= 0.3 is 5.69 Å². The molecule has 19 heavy (non-hydrogen) atoms. The molecule has 0 unspecified atom stereocenters. The highest BCUT2D eigenvalue weighted by molar-refractivity contribution is 5.74.